The Kier molecular flexibility index (Phi) is 7.75. The van der Waals surface area contributed by atoms with Crippen LogP contribution in [-0.4, -0.2) is 38.9 Å². The number of rotatable bonds is 6. The molecule has 31 heavy (non-hydrogen) atoms. The molecule has 1 aliphatic heterocycles. The first-order chi connectivity index (χ1) is 14.7. The van der Waals surface area contributed by atoms with Gasteiger partial charge in [-0.25, -0.2) is 8.42 Å². The number of amides is 2. The maximum Gasteiger partial charge on any atom is 0.241 e. The zero-order chi connectivity index (χ0) is 22.6. The summed E-state index contributed by atoms with van der Waals surface area (Å²) in [6.45, 7) is 5.85. The molecule has 3 rings (SSSR count). The van der Waals surface area contributed by atoms with Crippen molar-refractivity contribution in [2.24, 2.45) is 5.92 Å². The second-order valence-electron chi connectivity index (χ2n) is 9.10. The largest absolute Gasteiger partial charge is 0.352 e. The lowest BCUT2D eigenvalue weighted by Gasteiger charge is -2.29. The molecule has 7 nitrogen and oxygen atoms in total. The summed E-state index contributed by atoms with van der Waals surface area (Å²) in [7, 11) is -3.88. The molecule has 0 radical (unpaired) electrons. The van der Waals surface area contributed by atoms with Crippen molar-refractivity contribution < 1.29 is 18.0 Å². The Morgan fingerprint density at radius 3 is 2.35 bits per heavy atom. The van der Waals surface area contributed by atoms with Gasteiger partial charge in [-0.05, 0) is 55.4 Å². The van der Waals surface area contributed by atoms with Crippen molar-refractivity contribution in [2.75, 3.05) is 11.4 Å². The third kappa shape index (κ3) is 5.86. The quantitative estimate of drug-likeness (QED) is 0.652. The number of carbonyl (C=O) groups is 2. The summed E-state index contributed by atoms with van der Waals surface area (Å²) in [6.07, 6.45) is 7.96. The molecule has 1 unspecified atom stereocenters. The van der Waals surface area contributed by atoms with Crippen molar-refractivity contribution in [1.29, 1.82) is 0 Å². The van der Waals surface area contributed by atoms with E-state index in [0.29, 0.717) is 6.54 Å². The van der Waals surface area contributed by atoms with Gasteiger partial charge in [-0.3, -0.25) is 9.59 Å². The van der Waals surface area contributed by atoms with Gasteiger partial charge in [-0.2, -0.15) is 4.72 Å². The van der Waals surface area contributed by atoms with Crippen LogP contribution in [0.25, 0.3) is 0 Å². The van der Waals surface area contributed by atoms with Gasteiger partial charge in [0, 0.05) is 25.2 Å². The zero-order valence-corrected chi connectivity index (χ0v) is 19.6. The lowest BCUT2D eigenvalue weighted by atomic mass is 10.0. The molecule has 0 saturated heterocycles. The van der Waals surface area contributed by atoms with Crippen LogP contribution in [0.2, 0.25) is 0 Å². The number of hydrogen-bond acceptors (Lipinski definition) is 4. The first-order valence-corrected chi connectivity index (χ1v) is 12.9. The Morgan fingerprint density at radius 1 is 1.06 bits per heavy atom. The van der Waals surface area contributed by atoms with Gasteiger partial charge in [0.1, 0.15) is 6.04 Å². The summed E-state index contributed by atoms with van der Waals surface area (Å²) in [5.74, 6) is -0.498. The van der Waals surface area contributed by atoms with E-state index in [2.05, 4.69) is 10.0 Å². The predicted molar refractivity (Wildman–Crippen MR) is 121 cm³/mol. The fourth-order valence-electron chi connectivity index (χ4n) is 4.51. The second kappa shape index (κ2) is 10.1. The van der Waals surface area contributed by atoms with Gasteiger partial charge >= 0.3 is 0 Å². The number of aryl methyl sites for hydroxylation is 1. The molecular weight excluding hydrogens is 414 g/mol. The minimum atomic E-state index is -3.88. The molecule has 8 heteroatoms. The topological polar surface area (TPSA) is 95.6 Å². The van der Waals surface area contributed by atoms with Gasteiger partial charge in [-0.15, -0.1) is 0 Å². The van der Waals surface area contributed by atoms with Gasteiger partial charge in [0.25, 0.3) is 0 Å². The van der Waals surface area contributed by atoms with Crippen LogP contribution < -0.4 is 14.9 Å². The van der Waals surface area contributed by atoms with Gasteiger partial charge in [-0.1, -0.05) is 39.5 Å². The first kappa shape index (κ1) is 23.7. The monoisotopic (exact) mass is 449 g/mol. The summed E-state index contributed by atoms with van der Waals surface area (Å²) in [6, 6.07) is 4.12. The molecule has 1 saturated carbocycles. The molecule has 2 aliphatic rings. The third-order valence-corrected chi connectivity index (χ3v) is 7.73. The van der Waals surface area contributed by atoms with Crippen LogP contribution in [0.3, 0.4) is 0 Å². The summed E-state index contributed by atoms with van der Waals surface area (Å²) in [4.78, 5) is 26.6. The molecule has 1 atom stereocenters. The highest BCUT2D eigenvalue weighted by Crippen LogP contribution is 2.29. The molecule has 2 amide bonds. The number of fused-ring (bicyclic) bond motifs is 1. The number of anilines is 1. The molecule has 0 bridgehead atoms. The van der Waals surface area contributed by atoms with E-state index in [1.807, 2.05) is 13.8 Å². The molecule has 0 aromatic heterocycles. The normalized spacial score (nSPS) is 18.9. The molecule has 1 heterocycles. The smallest absolute Gasteiger partial charge is 0.241 e. The summed E-state index contributed by atoms with van der Waals surface area (Å²) < 4.78 is 28.9. The van der Waals surface area contributed by atoms with Gasteiger partial charge < -0.3 is 10.2 Å². The van der Waals surface area contributed by atoms with Crippen LogP contribution >= 0.6 is 0 Å². The summed E-state index contributed by atoms with van der Waals surface area (Å²) >= 11 is 0. The van der Waals surface area contributed by atoms with E-state index in [9.17, 15) is 18.0 Å². The lowest BCUT2D eigenvalue weighted by molar-refractivity contribution is -0.124. The van der Waals surface area contributed by atoms with E-state index in [0.717, 1.165) is 49.8 Å². The average molecular weight is 450 g/mol. The van der Waals surface area contributed by atoms with E-state index in [1.165, 1.54) is 25.8 Å². The minimum absolute atomic E-state index is 0.0512. The second-order valence-corrected chi connectivity index (χ2v) is 10.8. The van der Waals surface area contributed by atoms with Crippen LogP contribution in [0.15, 0.2) is 23.1 Å². The molecule has 1 aliphatic carbocycles. The van der Waals surface area contributed by atoms with E-state index in [4.69, 9.17) is 0 Å². The molecule has 1 fully saturated rings. The van der Waals surface area contributed by atoms with Crippen LogP contribution in [-0.2, 0) is 26.0 Å². The first-order valence-electron chi connectivity index (χ1n) is 11.4. The molecule has 1 aromatic rings. The van der Waals surface area contributed by atoms with E-state index >= 15 is 0 Å². The summed E-state index contributed by atoms with van der Waals surface area (Å²) in [5, 5.41) is 3.07. The fraction of sp³-hybridized carbons (Fsp3) is 0.652. The molecule has 2 N–H and O–H groups in total. The lowest BCUT2D eigenvalue weighted by Crippen LogP contribution is -2.52. The number of nitrogens with zero attached hydrogens (tertiary/aromatic N) is 1. The number of sulfonamides is 1. The molecule has 172 valence electrons. The van der Waals surface area contributed by atoms with Crippen LogP contribution in [0.1, 0.15) is 71.3 Å². The van der Waals surface area contributed by atoms with Gasteiger partial charge in [0.2, 0.25) is 21.8 Å². The van der Waals surface area contributed by atoms with Gasteiger partial charge in [0.05, 0.1) is 4.90 Å². The van der Waals surface area contributed by atoms with Crippen molar-refractivity contribution in [2.45, 2.75) is 89.1 Å². The zero-order valence-electron chi connectivity index (χ0n) is 18.8. The highest BCUT2D eigenvalue weighted by molar-refractivity contribution is 7.89. The maximum atomic E-state index is 13.1. The van der Waals surface area contributed by atoms with Crippen molar-refractivity contribution in [3.05, 3.63) is 23.8 Å². The van der Waals surface area contributed by atoms with E-state index < -0.39 is 16.1 Å². The Bertz CT molecular complexity index is 905. The van der Waals surface area contributed by atoms with Crippen LogP contribution in [0, 0.1) is 5.92 Å². The number of carbonyl (C=O) groups excluding carboxylic acids is 2. The SMILES string of the molecule is CC(=O)N1CCCc2cc(S(=O)(=O)NC(C(=O)NC3CCCCCC3)C(C)C)ccc21. The third-order valence-electron chi connectivity index (χ3n) is 6.29. The average Bonchev–Trinajstić information content (AvgIpc) is 2.99. The number of benzene rings is 1. The minimum Gasteiger partial charge on any atom is -0.352 e. The van der Waals surface area contributed by atoms with Gasteiger partial charge in [0.15, 0.2) is 0 Å². The molecule has 0 spiro atoms. The highest BCUT2D eigenvalue weighted by atomic mass is 32.2. The van der Waals surface area contributed by atoms with Crippen LogP contribution in [0.4, 0.5) is 5.69 Å². The number of nitrogens with one attached hydrogen (secondary N) is 2. The van der Waals surface area contributed by atoms with Crippen molar-refractivity contribution in [3.8, 4) is 0 Å². The molecular formula is C23H35N3O4S. The van der Waals surface area contributed by atoms with Crippen molar-refractivity contribution in [1.82, 2.24) is 10.0 Å². The standard InChI is InChI=1S/C23H35N3O4S/c1-16(2)22(23(28)24-19-10-6-4-5-7-11-19)25-31(29,30)20-12-13-21-18(15-20)9-8-14-26(21)17(3)27/h12-13,15-16,19,22,25H,4-11,14H2,1-3H3,(H,24,28). The molecule has 1 aromatic carbocycles. The maximum absolute atomic E-state index is 13.1. The van der Waals surface area contributed by atoms with Crippen molar-refractivity contribution >= 4 is 27.5 Å². The Hall–Kier alpha value is -1.93. The Balaban J connectivity index is 1.77. The van der Waals surface area contributed by atoms with E-state index in [1.54, 1.807) is 17.0 Å². The predicted octanol–water partition coefficient (Wildman–Crippen LogP) is 3.13. The fourth-order valence-corrected chi connectivity index (χ4v) is 5.90. The van der Waals surface area contributed by atoms with Crippen molar-refractivity contribution in [3.63, 3.8) is 0 Å². The van der Waals surface area contributed by atoms with E-state index in [-0.39, 0.29) is 28.7 Å². The highest BCUT2D eigenvalue weighted by Gasteiger charge is 2.31. The Morgan fingerprint density at radius 2 is 1.74 bits per heavy atom. The van der Waals surface area contributed by atoms with Crippen LogP contribution in [0.5, 0.6) is 0 Å². The summed E-state index contributed by atoms with van der Waals surface area (Å²) in [5.41, 5.74) is 1.61. The Labute approximate surface area is 186 Å². The number of hydrogen-bond donors (Lipinski definition) is 2.